The quantitative estimate of drug-likeness (QED) is 0.370. The van der Waals surface area contributed by atoms with E-state index < -0.39 is 12.0 Å². The Bertz CT molecular complexity index is 92.0. The largest absolute Gasteiger partial charge is 0.480 e. The molecule has 8 heavy (non-hydrogen) atoms. The second kappa shape index (κ2) is 2.64. The second-order valence-corrected chi connectivity index (χ2v) is 1.68. The number of hydrazine groups is 1. The smallest absolute Gasteiger partial charge is 0.322 e. The first-order valence-corrected chi connectivity index (χ1v) is 2.26. The summed E-state index contributed by atoms with van der Waals surface area (Å²) < 4.78 is 0. The van der Waals surface area contributed by atoms with Gasteiger partial charge in [-0.05, 0) is 6.92 Å². The lowest BCUT2D eigenvalue weighted by Crippen LogP contribution is -2.40. The molecule has 0 aromatic heterocycles. The number of carboxylic acid groups (broad SMARTS) is 1. The Morgan fingerprint density at radius 1 is 1.88 bits per heavy atom. The summed E-state index contributed by atoms with van der Waals surface area (Å²) in [7, 11) is 1.51. The third-order valence-corrected chi connectivity index (χ3v) is 0.968. The van der Waals surface area contributed by atoms with Crippen LogP contribution in [0.2, 0.25) is 0 Å². The highest BCUT2D eigenvalue weighted by Gasteiger charge is 2.11. The second-order valence-electron chi connectivity index (χ2n) is 1.68. The zero-order valence-corrected chi connectivity index (χ0v) is 4.96. The molecule has 0 fully saturated rings. The summed E-state index contributed by atoms with van der Waals surface area (Å²) in [6, 6.07) is -0.602. The molecule has 0 spiro atoms. The van der Waals surface area contributed by atoms with Gasteiger partial charge < -0.3 is 5.11 Å². The van der Waals surface area contributed by atoms with Crippen LogP contribution < -0.4 is 5.84 Å². The van der Waals surface area contributed by atoms with Gasteiger partial charge in [-0.3, -0.25) is 10.6 Å². The van der Waals surface area contributed by atoms with Gasteiger partial charge in [-0.2, -0.15) is 0 Å². The SMILES string of the molecule is C[C@@H](C(=O)O)N(C)N. The molecular weight excluding hydrogens is 108 g/mol. The minimum Gasteiger partial charge on any atom is -0.480 e. The molecule has 0 unspecified atom stereocenters. The molecule has 0 radical (unpaired) electrons. The maximum atomic E-state index is 10.0. The van der Waals surface area contributed by atoms with E-state index in [-0.39, 0.29) is 0 Å². The van der Waals surface area contributed by atoms with Crippen molar-refractivity contribution < 1.29 is 9.90 Å². The van der Waals surface area contributed by atoms with Crippen LogP contribution in [0.4, 0.5) is 0 Å². The zero-order valence-electron chi connectivity index (χ0n) is 4.96. The van der Waals surface area contributed by atoms with Crippen LogP contribution in [0, 0.1) is 0 Å². The number of hydrogen-bond donors (Lipinski definition) is 2. The van der Waals surface area contributed by atoms with Gasteiger partial charge in [0.25, 0.3) is 0 Å². The molecule has 0 saturated carbocycles. The van der Waals surface area contributed by atoms with Crippen LogP contribution in [0.1, 0.15) is 6.92 Å². The van der Waals surface area contributed by atoms with Gasteiger partial charge in [-0.1, -0.05) is 0 Å². The van der Waals surface area contributed by atoms with E-state index in [1.807, 2.05) is 0 Å². The van der Waals surface area contributed by atoms with Gasteiger partial charge in [0.2, 0.25) is 0 Å². The third-order valence-electron chi connectivity index (χ3n) is 0.968. The number of aliphatic carboxylic acids is 1. The van der Waals surface area contributed by atoms with Crippen molar-refractivity contribution in [3.63, 3.8) is 0 Å². The average Bonchev–Trinajstić information content (AvgIpc) is 1.64. The Hall–Kier alpha value is -0.610. The van der Waals surface area contributed by atoms with Gasteiger partial charge in [-0.25, -0.2) is 5.01 Å². The maximum Gasteiger partial charge on any atom is 0.322 e. The van der Waals surface area contributed by atoms with E-state index in [4.69, 9.17) is 10.9 Å². The summed E-state index contributed by atoms with van der Waals surface area (Å²) in [6.45, 7) is 1.52. The van der Waals surface area contributed by atoms with E-state index >= 15 is 0 Å². The third kappa shape index (κ3) is 1.90. The molecule has 0 heterocycles. The Morgan fingerprint density at radius 2 is 2.25 bits per heavy atom. The molecule has 0 aliphatic carbocycles. The Labute approximate surface area is 47.9 Å². The van der Waals surface area contributed by atoms with E-state index in [0.29, 0.717) is 0 Å². The minimum absolute atomic E-state index is 0.602. The zero-order chi connectivity index (χ0) is 6.73. The molecule has 1 atom stereocenters. The summed E-state index contributed by atoms with van der Waals surface area (Å²) in [6.07, 6.45) is 0. The molecular formula is C4H10N2O2. The predicted molar refractivity (Wildman–Crippen MR) is 29.0 cm³/mol. The highest BCUT2D eigenvalue weighted by molar-refractivity contribution is 5.72. The fraction of sp³-hybridized carbons (Fsp3) is 0.750. The molecule has 0 rings (SSSR count). The number of rotatable bonds is 2. The molecule has 3 N–H and O–H groups in total. The highest BCUT2D eigenvalue weighted by Crippen LogP contribution is 1.85. The van der Waals surface area contributed by atoms with Crippen LogP contribution in [0.15, 0.2) is 0 Å². The highest BCUT2D eigenvalue weighted by atomic mass is 16.4. The topological polar surface area (TPSA) is 66.6 Å². The summed E-state index contributed by atoms with van der Waals surface area (Å²) in [5, 5.41) is 9.37. The van der Waals surface area contributed by atoms with Crippen LogP contribution in [-0.2, 0) is 4.79 Å². The Morgan fingerprint density at radius 3 is 2.25 bits per heavy atom. The van der Waals surface area contributed by atoms with Gasteiger partial charge in [0.05, 0.1) is 0 Å². The van der Waals surface area contributed by atoms with Crippen molar-refractivity contribution >= 4 is 5.97 Å². The average molecular weight is 118 g/mol. The molecule has 0 amide bonds. The number of likely N-dealkylation sites (N-methyl/N-ethyl adjacent to an activating group) is 1. The van der Waals surface area contributed by atoms with E-state index in [0.717, 1.165) is 5.01 Å². The van der Waals surface area contributed by atoms with Crippen molar-refractivity contribution in [3.8, 4) is 0 Å². The first-order valence-electron chi connectivity index (χ1n) is 2.26. The van der Waals surface area contributed by atoms with Crippen LogP contribution in [0.25, 0.3) is 0 Å². The fourth-order valence-corrected chi connectivity index (χ4v) is 0.174. The van der Waals surface area contributed by atoms with Crippen molar-refractivity contribution in [2.45, 2.75) is 13.0 Å². The van der Waals surface area contributed by atoms with Gasteiger partial charge in [0.15, 0.2) is 0 Å². The molecule has 4 heteroatoms. The molecule has 0 aliphatic rings. The summed E-state index contributed by atoms with van der Waals surface area (Å²) in [4.78, 5) is 10.0. The lowest BCUT2D eigenvalue weighted by molar-refractivity contribution is -0.142. The van der Waals surface area contributed by atoms with Crippen LogP contribution in [0.5, 0.6) is 0 Å². The minimum atomic E-state index is -0.907. The normalized spacial score (nSPS) is 14.0. The van der Waals surface area contributed by atoms with E-state index in [2.05, 4.69) is 0 Å². The number of hydrogen-bond acceptors (Lipinski definition) is 3. The number of carbonyl (C=O) groups is 1. The number of nitrogens with two attached hydrogens (primary N) is 1. The van der Waals surface area contributed by atoms with E-state index in [9.17, 15) is 4.79 Å². The molecule has 48 valence electrons. The lowest BCUT2D eigenvalue weighted by Gasteiger charge is -2.13. The van der Waals surface area contributed by atoms with Crippen LogP contribution in [0.3, 0.4) is 0 Å². The van der Waals surface area contributed by atoms with E-state index in [1.54, 1.807) is 0 Å². The standard InChI is InChI=1S/C4H10N2O2/c1-3(4(7)8)6(2)5/h3H,5H2,1-2H3,(H,7,8)/t3-/m0/s1. The van der Waals surface area contributed by atoms with Gasteiger partial charge >= 0.3 is 5.97 Å². The molecule has 0 aromatic carbocycles. The maximum absolute atomic E-state index is 10.0. The van der Waals surface area contributed by atoms with Crippen molar-refractivity contribution in [1.29, 1.82) is 0 Å². The number of carboxylic acids is 1. The van der Waals surface area contributed by atoms with Gasteiger partial charge in [0, 0.05) is 7.05 Å². The predicted octanol–water partition coefficient (Wildman–Crippen LogP) is -0.735. The fourth-order valence-electron chi connectivity index (χ4n) is 0.174. The van der Waals surface area contributed by atoms with Crippen molar-refractivity contribution in [3.05, 3.63) is 0 Å². The Balaban J connectivity index is 3.64. The van der Waals surface area contributed by atoms with Gasteiger partial charge in [-0.15, -0.1) is 0 Å². The molecule has 4 nitrogen and oxygen atoms in total. The lowest BCUT2D eigenvalue weighted by atomic mass is 10.3. The summed E-state index contributed by atoms with van der Waals surface area (Å²) in [5.74, 6) is 4.18. The first-order chi connectivity index (χ1) is 3.55. The van der Waals surface area contributed by atoms with Crippen molar-refractivity contribution in [2.24, 2.45) is 5.84 Å². The van der Waals surface area contributed by atoms with Crippen molar-refractivity contribution in [2.75, 3.05) is 7.05 Å². The summed E-state index contributed by atoms with van der Waals surface area (Å²) in [5.41, 5.74) is 0. The first kappa shape index (κ1) is 7.39. The summed E-state index contributed by atoms with van der Waals surface area (Å²) >= 11 is 0. The molecule has 0 saturated heterocycles. The molecule has 0 bridgehead atoms. The van der Waals surface area contributed by atoms with Gasteiger partial charge in [0.1, 0.15) is 6.04 Å². The monoisotopic (exact) mass is 118 g/mol. The van der Waals surface area contributed by atoms with Crippen molar-refractivity contribution in [1.82, 2.24) is 5.01 Å². The Kier molecular flexibility index (Phi) is 2.44. The van der Waals surface area contributed by atoms with Crippen LogP contribution >= 0.6 is 0 Å². The number of nitrogens with zero attached hydrogens (tertiary/aromatic N) is 1. The van der Waals surface area contributed by atoms with E-state index in [1.165, 1.54) is 14.0 Å². The molecule has 0 aliphatic heterocycles. The van der Waals surface area contributed by atoms with Crippen LogP contribution in [-0.4, -0.2) is 29.2 Å². The molecule has 0 aromatic rings.